The molecule has 0 saturated heterocycles. The zero-order valence-corrected chi connectivity index (χ0v) is 12.1. The Morgan fingerprint density at radius 3 is 2.90 bits per heavy atom. The molecule has 0 amide bonds. The largest absolute Gasteiger partial charge is 0.399 e. The first-order valence-corrected chi connectivity index (χ1v) is 7.53. The number of nitrogens with two attached hydrogens (primary N) is 1. The lowest BCUT2D eigenvalue weighted by atomic mass is 10.1. The van der Waals surface area contributed by atoms with Crippen LogP contribution in [0, 0.1) is 0 Å². The highest BCUT2D eigenvalue weighted by Crippen LogP contribution is 2.31. The van der Waals surface area contributed by atoms with Crippen LogP contribution < -0.4 is 5.73 Å². The lowest BCUT2D eigenvalue weighted by Crippen LogP contribution is -2.12. The highest BCUT2D eigenvalue weighted by atomic mass is 32.1. The summed E-state index contributed by atoms with van der Waals surface area (Å²) >= 11 is 1.73. The van der Waals surface area contributed by atoms with Crippen LogP contribution >= 0.6 is 11.3 Å². The van der Waals surface area contributed by atoms with Crippen LogP contribution in [0.5, 0.6) is 0 Å². The fraction of sp³-hybridized carbons (Fsp3) is 0.267. The van der Waals surface area contributed by atoms with Gasteiger partial charge in [0, 0.05) is 10.6 Å². The molecule has 5 heteroatoms. The third-order valence-electron chi connectivity index (χ3n) is 3.50. The lowest BCUT2D eigenvalue weighted by molar-refractivity contribution is 0.263. The SMILES string of the molecule is CCC(c1cccs1)n1c(CO)nc2cc(N)ccc21. The smallest absolute Gasteiger partial charge is 0.136 e. The maximum Gasteiger partial charge on any atom is 0.136 e. The minimum atomic E-state index is -0.0730. The average Bonchev–Trinajstić information content (AvgIpc) is 3.08. The molecule has 20 heavy (non-hydrogen) atoms. The van der Waals surface area contributed by atoms with E-state index in [9.17, 15) is 5.11 Å². The van der Waals surface area contributed by atoms with Crippen LogP contribution in [0.3, 0.4) is 0 Å². The minimum Gasteiger partial charge on any atom is -0.399 e. The Morgan fingerprint density at radius 1 is 1.40 bits per heavy atom. The number of hydrogen-bond donors (Lipinski definition) is 2. The molecule has 1 atom stereocenters. The summed E-state index contributed by atoms with van der Waals surface area (Å²) in [5.74, 6) is 0.686. The number of hydrogen-bond acceptors (Lipinski definition) is 4. The normalized spacial score (nSPS) is 12.9. The molecule has 2 heterocycles. The molecule has 0 saturated carbocycles. The number of aromatic nitrogens is 2. The Morgan fingerprint density at radius 2 is 2.25 bits per heavy atom. The summed E-state index contributed by atoms with van der Waals surface area (Å²) in [7, 11) is 0. The number of imidazole rings is 1. The van der Waals surface area contributed by atoms with E-state index in [0.717, 1.165) is 17.5 Å². The second-order valence-corrected chi connectivity index (χ2v) is 5.72. The fourth-order valence-corrected chi connectivity index (χ4v) is 3.52. The van der Waals surface area contributed by atoms with Crippen LogP contribution in [0.15, 0.2) is 35.7 Å². The maximum atomic E-state index is 9.62. The van der Waals surface area contributed by atoms with Crippen LogP contribution in [0.4, 0.5) is 5.69 Å². The van der Waals surface area contributed by atoms with Gasteiger partial charge in [0.15, 0.2) is 0 Å². The van der Waals surface area contributed by atoms with Gasteiger partial charge < -0.3 is 15.4 Å². The Kier molecular flexibility index (Phi) is 3.46. The molecule has 3 rings (SSSR count). The monoisotopic (exact) mass is 287 g/mol. The van der Waals surface area contributed by atoms with Gasteiger partial charge in [-0.15, -0.1) is 11.3 Å². The summed E-state index contributed by atoms with van der Waals surface area (Å²) < 4.78 is 2.13. The quantitative estimate of drug-likeness (QED) is 0.724. The number of rotatable bonds is 4. The van der Waals surface area contributed by atoms with Crippen molar-refractivity contribution >= 4 is 28.1 Å². The summed E-state index contributed by atoms with van der Waals surface area (Å²) in [5.41, 5.74) is 8.36. The van der Waals surface area contributed by atoms with Crippen LogP contribution in [0.25, 0.3) is 11.0 Å². The van der Waals surface area contributed by atoms with Gasteiger partial charge in [0.25, 0.3) is 0 Å². The molecule has 0 aliphatic heterocycles. The van der Waals surface area contributed by atoms with E-state index in [4.69, 9.17) is 5.73 Å². The van der Waals surface area contributed by atoms with E-state index in [-0.39, 0.29) is 12.6 Å². The topological polar surface area (TPSA) is 64.1 Å². The first-order valence-electron chi connectivity index (χ1n) is 6.65. The molecule has 0 aliphatic rings. The standard InChI is InChI=1S/C15H17N3OS/c1-2-12(14-4-3-7-20-14)18-13-6-5-10(16)8-11(13)17-15(18)9-19/h3-8,12,19H,2,9,16H2,1H3. The van der Waals surface area contributed by atoms with Gasteiger partial charge in [0.2, 0.25) is 0 Å². The van der Waals surface area contributed by atoms with E-state index in [0.29, 0.717) is 11.5 Å². The highest BCUT2D eigenvalue weighted by Gasteiger charge is 2.19. The summed E-state index contributed by atoms with van der Waals surface area (Å²) in [6.07, 6.45) is 0.948. The number of thiophene rings is 1. The number of nitrogens with zero attached hydrogens (tertiary/aromatic N) is 2. The zero-order chi connectivity index (χ0) is 14.1. The van der Waals surface area contributed by atoms with Gasteiger partial charge in [0.1, 0.15) is 12.4 Å². The Labute approximate surface area is 121 Å². The molecule has 2 aromatic heterocycles. The molecule has 104 valence electrons. The van der Waals surface area contributed by atoms with Gasteiger partial charge in [-0.05, 0) is 36.1 Å². The van der Waals surface area contributed by atoms with E-state index in [1.807, 2.05) is 18.2 Å². The van der Waals surface area contributed by atoms with Gasteiger partial charge in [-0.2, -0.15) is 0 Å². The van der Waals surface area contributed by atoms with Crippen LogP contribution in [-0.4, -0.2) is 14.7 Å². The third-order valence-corrected chi connectivity index (χ3v) is 4.47. The number of aliphatic hydroxyl groups is 1. The van der Waals surface area contributed by atoms with Crippen molar-refractivity contribution < 1.29 is 5.11 Å². The highest BCUT2D eigenvalue weighted by molar-refractivity contribution is 7.10. The average molecular weight is 287 g/mol. The number of anilines is 1. The van der Waals surface area contributed by atoms with Gasteiger partial charge in [0.05, 0.1) is 17.1 Å². The van der Waals surface area contributed by atoms with Crippen LogP contribution in [0.2, 0.25) is 0 Å². The molecule has 0 bridgehead atoms. The Hall–Kier alpha value is -1.85. The number of benzene rings is 1. The maximum absolute atomic E-state index is 9.62. The van der Waals surface area contributed by atoms with E-state index in [1.165, 1.54) is 4.88 Å². The van der Waals surface area contributed by atoms with Crippen molar-refractivity contribution in [3.63, 3.8) is 0 Å². The molecule has 3 aromatic rings. The van der Waals surface area contributed by atoms with E-state index >= 15 is 0 Å². The predicted molar refractivity (Wildman–Crippen MR) is 82.8 cm³/mol. The van der Waals surface area contributed by atoms with Crippen LogP contribution in [0.1, 0.15) is 30.1 Å². The molecule has 1 aromatic carbocycles. The Balaban J connectivity index is 2.22. The summed E-state index contributed by atoms with van der Waals surface area (Å²) in [6.45, 7) is 2.07. The van der Waals surface area contributed by atoms with Crippen molar-refractivity contribution in [2.24, 2.45) is 0 Å². The van der Waals surface area contributed by atoms with Crippen molar-refractivity contribution in [3.05, 3.63) is 46.4 Å². The molecule has 0 spiro atoms. The van der Waals surface area contributed by atoms with Gasteiger partial charge >= 0.3 is 0 Å². The Bertz CT molecular complexity index is 718. The minimum absolute atomic E-state index is 0.0730. The molecule has 0 fully saturated rings. The third kappa shape index (κ3) is 2.09. The molecule has 1 unspecified atom stereocenters. The number of fused-ring (bicyclic) bond motifs is 1. The number of nitrogen functional groups attached to an aromatic ring is 1. The van der Waals surface area contributed by atoms with Gasteiger partial charge in [-0.1, -0.05) is 13.0 Å². The van der Waals surface area contributed by atoms with E-state index < -0.39 is 0 Å². The fourth-order valence-electron chi connectivity index (χ4n) is 2.62. The molecular weight excluding hydrogens is 270 g/mol. The van der Waals surface area contributed by atoms with Crippen LogP contribution in [-0.2, 0) is 6.61 Å². The summed E-state index contributed by atoms with van der Waals surface area (Å²) in [5, 5.41) is 11.7. The van der Waals surface area contributed by atoms with E-state index in [1.54, 1.807) is 11.3 Å². The van der Waals surface area contributed by atoms with E-state index in [2.05, 4.69) is 34.0 Å². The van der Waals surface area contributed by atoms with Crippen molar-refractivity contribution in [1.29, 1.82) is 0 Å². The lowest BCUT2D eigenvalue weighted by Gasteiger charge is -2.18. The second-order valence-electron chi connectivity index (χ2n) is 4.74. The van der Waals surface area contributed by atoms with Crippen molar-refractivity contribution in [2.75, 3.05) is 5.73 Å². The first kappa shape index (κ1) is 13.1. The number of aliphatic hydroxyl groups excluding tert-OH is 1. The second kappa shape index (κ2) is 5.26. The molecule has 0 radical (unpaired) electrons. The molecule has 0 aliphatic carbocycles. The molecular formula is C15H17N3OS. The van der Waals surface area contributed by atoms with Crippen molar-refractivity contribution in [2.45, 2.75) is 26.0 Å². The van der Waals surface area contributed by atoms with Gasteiger partial charge in [-0.25, -0.2) is 4.98 Å². The molecule has 3 N–H and O–H groups in total. The van der Waals surface area contributed by atoms with Crippen molar-refractivity contribution in [3.8, 4) is 0 Å². The zero-order valence-electron chi connectivity index (χ0n) is 11.3. The predicted octanol–water partition coefficient (Wildman–Crippen LogP) is 3.17. The molecule has 4 nitrogen and oxygen atoms in total. The summed E-state index contributed by atoms with van der Waals surface area (Å²) in [4.78, 5) is 5.78. The first-order chi connectivity index (χ1) is 9.74. The van der Waals surface area contributed by atoms with Crippen molar-refractivity contribution in [1.82, 2.24) is 9.55 Å². The van der Waals surface area contributed by atoms with Gasteiger partial charge in [-0.3, -0.25) is 0 Å². The summed E-state index contributed by atoms with van der Waals surface area (Å²) in [6, 6.07) is 10.1.